The first-order chi connectivity index (χ1) is 11.0. The third-order valence-corrected chi connectivity index (χ3v) is 5.16. The summed E-state index contributed by atoms with van der Waals surface area (Å²) in [5, 5.41) is 3.63. The number of hydrogen-bond donors (Lipinski definition) is 2. The molecule has 23 heavy (non-hydrogen) atoms. The molecule has 1 saturated carbocycles. The molecule has 0 bridgehead atoms. The summed E-state index contributed by atoms with van der Waals surface area (Å²) in [4.78, 5) is 12.4. The van der Waals surface area contributed by atoms with Crippen LogP contribution in [0.4, 0.5) is 5.69 Å². The summed E-state index contributed by atoms with van der Waals surface area (Å²) in [5.74, 6) is 0.336. The van der Waals surface area contributed by atoms with E-state index in [0.29, 0.717) is 21.7 Å². The van der Waals surface area contributed by atoms with E-state index in [1.807, 2.05) is 0 Å². The number of amides is 1. The van der Waals surface area contributed by atoms with Gasteiger partial charge >= 0.3 is 0 Å². The molecule has 6 heteroatoms. The fourth-order valence-electron chi connectivity index (χ4n) is 3.19. The van der Waals surface area contributed by atoms with E-state index in [4.69, 9.17) is 33.7 Å². The number of nitrogens with one attached hydrogen (secondary N) is 1. The Labute approximate surface area is 147 Å². The normalized spacial score (nSPS) is 18.4. The van der Waals surface area contributed by atoms with E-state index in [1.165, 1.54) is 39.2 Å². The Hall–Kier alpha value is -0.810. The lowest BCUT2D eigenvalue weighted by Crippen LogP contribution is -2.45. The minimum Gasteiger partial charge on any atom is -0.370 e. The van der Waals surface area contributed by atoms with Gasteiger partial charge in [-0.25, -0.2) is 0 Å². The summed E-state index contributed by atoms with van der Waals surface area (Å²) in [7, 11) is 1.51. The largest absolute Gasteiger partial charge is 0.370 e. The van der Waals surface area contributed by atoms with E-state index >= 15 is 0 Å². The number of halogens is 2. The average Bonchev–Trinajstić information content (AvgIpc) is 2.52. The van der Waals surface area contributed by atoms with Crippen LogP contribution in [0, 0.1) is 5.92 Å². The Balaban J connectivity index is 1.95. The zero-order chi connectivity index (χ0) is 16.8. The van der Waals surface area contributed by atoms with Crippen molar-refractivity contribution < 1.29 is 9.53 Å². The number of carbonyl (C=O) groups excluding carboxylic acids is 1. The molecule has 128 valence electrons. The quantitative estimate of drug-likeness (QED) is 0.798. The molecule has 0 heterocycles. The highest BCUT2D eigenvalue weighted by molar-refractivity contribution is 6.42. The monoisotopic (exact) mass is 358 g/mol. The zero-order valence-corrected chi connectivity index (χ0v) is 14.9. The van der Waals surface area contributed by atoms with Gasteiger partial charge in [0.25, 0.3) is 5.91 Å². The van der Waals surface area contributed by atoms with Gasteiger partial charge in [0, 0.05) is 18.8 Å². The fourth-order valence-corrected chi connectivity index (χ4v) is 3.49. The van der Waals surface area contributed by atoms with Crippen molar-refractivity contribution in [2.45, 2.75) is 50.7 Å². The average molecular weight is 359 g/mol. The lowest BCUT2D eigenvalue weighted by molar-refractivity contribution is -0.127. The van der Waals surface area contributed by atoms with Crippen LogP contribution < -0.4 is 11.1 Å². The lowest BCUT2D eigenvalue weighted by Gasteiger charge is -2.28. The van der Waals surface area contributed by atoms with Gasteiger partial charge in [0.05, 0.1) is 10.0 Å². The van der Waals surface area contributed by atoms with Gasteiger partial charge in [0.2, 0.25) is 0 Å². The Kier molecular flexibility index (Phi) is 7.15. The van der Waals surface area contributed by atoms with Crippen LogP contribution in [0.2, 0.25) is 10.0 Å². The van der Waals surface area contributed by atoms with E-state index in [1.54, 1.807) is 18.2 Å². The summed E-state index contributed by atoms with van der Waals surface area (Å²) in [6.45, 7) is 0. The Morgan fingerprint density at radius 2 is 2.00 bits per heavy atom. The molecule has 1 fully saturated rings. The smallest absolute Gasteiger partial charge is 0.255 e. The number of nitrogens with two attached hydrogens (primary N) is 1. The summed E-state index contributed by atoms with van der Waals surface area (Å²) in [6, 6.07) is 4.64. The molecule has 3 N–H and O–H groups in total. The maximum absolute atomic E-state index is 12.4. The van der Waals surface area contributed by atoms with E-state index in [2.05, 4.69) is 5.32 Å². The molecule has 1 aromatic carbocycles. The summed E-state index contributed by atoms with van der Waals surface area (Å²) in [6.07, 6.45) is 6.34. The van der Waals surface area contributed by atoms with Crippen molar-refractivity contribution in [3.63, 3.8) is 0 Å². The first-order valence-corrected chi connectivity index (χ1v) is 8.81. The minimum absolute atomic E-state index is 0.255. The summed E-state index contributed by atoms with van der Waals surface area (Å²) < 4.78 is 5.35. The van der Waals surface area contributed by atoms with Gasteiger partial charge in [-0.1, -0.05) is 55.3 Å². The Morgan fingerprint density at radius 1 is 1.30 bits per heavy atom. The van der Waals surface area contributed by atoms with Crippen LogP contribution in [-0.4, -0.2) is 25.2 Å². The fraction of sp³-hybridized carbons (Fsp3) is 0.588. The van der Waals surface area contributed by atoms with Gasteiger partial charge in [-0.3, -0.25) is 4.79 Å². The first-order valence-electron chi connectivity index (χ1n) is 8.05. The minimum atomic E-state index is -0.675. The predicted octanol–water partition coefficient (Wildman–Crippen LogP) is 4.24. The standard InChI is InChI=1S/C17H24Cl2N2O2/c1-23-16(15(20)9-11-5-3-2-4-6-11)17(22)21-12-7-8-13(18)14(19)10-12/h7-8,10-11,15-16H,2-6,9,20H2,1H3,(H,21,22)/t15-,16?/m1/s1. The van der Waals surface area contributed by atoms with Gasteiger partial charge < -0.3 is 15.8 Å². The molecule has 0 saturated heterocycles. The highest BCUT2D eigenvalue weighted by Crippen LogP contribution is 2.28. The van der Waals surface area contributed by atoms with E-state index in [0.717, 1.165) is 6.42 Å². The van der Waals surface area contributed by atoms with Crippen LogP contribution in [0.25, 0.3) is 0 Å². The molecule has 1 aliphatic carbocycles. The van der Waals surface area contributed by atoms with Gasteiger partial charge in [0.1, 0.15) is 0 Å². The highest BCUT2D eigenvalue weighted by Gasteiger charge is 2.28. The van der Waals surface area contributed by atoms with Gasteiger partial charge in [-0.2, -0.15) is 0 Å². The molecule has 0 spiro atoms. The molecule has 1 unspecified atom stereocenters. The van der Waals surface area contributed by atoms with Crippen molar-refractivity contribution in [1.82, 2.24) is 0 Å². The van der Waals surface area contributed by atoms with Crippen LogP contribution in [0.3, 0.4) is 0 Å². The van der Waals surface area contributed by atoms with Crippen LogP contribution in [-0.2, 0) is 9.53 Å². The number of carbonyl (C=O) groups is 1. The Bertz CT molecular complexity index is 533. The third kappa shape index (κ3) is 5.35. The third-order valence-electron chi connectivity index (χ3n) is 4.42. The molecule has 2 atom stereocenters. The number of methoxy groups -OCH3 is 1. The summed E-state index contributed by atoms with van der Waals surface area (Å²) in [5.41, 5.74) is 6.81. The van der Waals surface area contributed by atoms with E-state index in [9.17, 15) is 4.79 Å². The molecule has 4 nitrogen and oxygen atoms in total. The van der Waals surface area contributed by atoms with Crippen LogP contribution in [0.1, 0.15) is 38.5 Å². The zero-order valence-electron chi connectivity index (χ0n) is 13.4. The van der Waals surface area contributed by atoms with Crippen molar-refractivity contribution in [2.75, 3.05) is 12.4 Å². The highest BCUT2D eigenvalue weighted by atomic mass is 35.5. The SMILES string of the molecule is COC(C(=O)Nc1ccc(Cl)c(Cl)c1)[C@H](N)CC1CCCCC1. The molecule has 1 aromatic rings. The molecular formula is C17H24Cl2N2O2. The number of rotatable bonds is 6. The first kappa shape index (κ1) is 18.5. The van der Waals surface area contributed by atoms with Crippen LogP contribution >= 0.6 is 23.2 Å². The number of ether oxygens (including phenoxy) is 1. The molecule has 0 aliphatic heterocycles. The molecule has 1 amide bonds. The van der Waals surface area contributed by atoms with E-state index < -0.39 is 6.10 Å². The van der Waals surface area contributed by atoms with Crippen LogP contribution in [0.5, 0.6) is 0 Å². The topological polar surface area (TPSA) is 64.3 Å². The van der Waals surface area contributed by atoms with Crippen molar-refractivity contribution in [3.05, 3.63) is 28.2 Å². The van der Waals surface area contributed by atoms with Crippen LogP contribution in [0.15, 0.2) is 18.2 Å². The number of benzene rings is 1. The van der Waals surface area contributed by atoms with Crippen molar-refractivity contribution >= 4 is 34.8 Å². The number of hydrogen-bond acceptors (Lipinski definition) is 3. The Morgan fingerprint density at radius 3 is 2.61 bits per heavy atom. The molecule has 1 aliphatic rings. The lowest BCUT2D eigenvalue weighted by atomic mass is 9.84. The van der Waals surface area contributed by atoms with E-state index in [-0.39, 0.29) is 11.9 Å². The predicted molar refractivity (Wildman–Crippen MR) is 95.1 cm³/mol. The second-order valence-electron chi connectivity index (χ2n) is 6.18. The van der Waals surface area contributed by atoms with Gasteiger partial charge in [-0.15, -0.1) is 0 Å². The van der Waals surface area contributed by atoms with Crippen molar-refractivity contribution in [2.24, 2.45) is 11.7 Å². The van der Waals surface area contributed by atoms with Gasteiger partial charge in [0.15, 0.2) is 6.10 Å². The summed E-state index contributed by atoms with van der Waals surface area (Å²) >= 11 is 11.8. The molecule has 0 aromatic heterocycles. The second-order valence-corrected chi connectivity index (χ2v) is 6.99. The maximum atomic E-state index is 12.4. The molecule has 0 radical (unpaired) electrons. The van der Waals surface area contributed by atoms with Crippen molar-refractivity contribution in [1.29, 1.82) is 0 Å². The number of anilines is 1. The van der Waals surface area contributed by atoms with Gasteiger partial charge in [-0.05, 0) is 30.5 Å². The van der Waals surface area contributed by atoms with Crippen molar-refractivity contribution in [3.8, 4) is 0 Å². The maximum Gasteiger partial charge on any atom is 0.255 e. The molecule has 2 rings (SSSR count). The second kappa shape index (κ2) is 8.88. The molecular weight excluding hydrogens is 335 g/mol.